The van der Waals surface area contributed by atoms with Crippen molar-refractivity contribution in [3.63, 3.8) is 0 Å². The summed E-state index contributed by atoms with van der Waals surface area (Å²) in [6, 6.07) is 0.0587. The maximum atomic E-state index is 13.0. The van der Waals surface area contributed by atoms with Gasteiger partial charge in [0.05, 0.1) is 6.61 Å². The fourth-order valence-corrected chi connectivity index (χ4v) is 5.05. The van der Waals surface area contributed by atoms with Gasteiger partial charge in [-0.15, -0.1) is 0 Å². The Morgan fingerprint density at radius 3 is 2.67 bits per heavy atom. The second kappa shape index (κ2) is 7.37. The Morgan fingerprint density at radius 2 is 2.10 bits per heavy atom. The topological polar surface area (TPSA) is 75.9 Å². The van der Waals surface area contributed by atoms with Crippen LogP contribution in [0.5, 0.6) is 0 Å². The summed E-state index contributed by atoms with van der Waals surface area (Å²) in [4.78, 5) is 0. The first-order valence-corrected chi connectivity index (χ1v) is 9.36. The summed E-state index contributed by atoms with van der Waals surface area (Å²) in [5, 5.41) is 0. The third-order valence-electron chi connectivity index (χ3n) is 4.71. The van der Waals surface area contributed by atoms with Gasteiger partial charge in [0.15, 0.2) is 0 Å². The molecule has 2 unspecified atom stereocenters. The molecule has 0 spiro atoms. The number of piperidine rings is 1. The van der Waals surface area contributed by atoms with Gasteiger partial charge in [-0.05, 0) is 51.0 Å². The monoisotopic (exact) mass is 319 g/mol. The Balaban J connectivity index is 2.11. The summed E-state index contributed by atoms with van der Waals surface area (Å²) in [5.41, 5.74) is 5.73. The molecule has 6 nitrogen and oxygen atoms in total. The molecule has 0 radical (unpaired) electrons. The molecule has 2 N–H and O–H groups in total. The van der Waals surface area contributed by atoms with E-state index in [4.69, 9.17) is 10.5 Å². The normalized spacial score (nSPS) is 26.2. The third-order valence-corrected chi connectivity index (χ3v) is 6.80. The number of rotatable bonds is 8. The predicted octanol–water partition coefficient (Wildman–Crippen LogP) is 0.649. The van der Waals surface area contributed by atoms with Crippen molar-refractivity contribution in [2.45, 2.75) is 38.6 Å². The summed E-state index contributed by atoms with van der Waals surface area (Å²) in [6.07, 6.45) is 4.19. The lowest BCUT2D eigenvalue weighted by Gasteiger charge is -2.37. The van der Waals surface area contributed by atoms with Gasteiger partial charge in [-0.2, -0.15) is 17.0 Å². The summed E-state index contributed by atoms with van der Waals surface area (Å²) < 4.78 is 34.3. The Labute approximate surface area is 128 Å². The lowest BCUT2D eigenvalue weighted by Crippen LogP contribution is -2.52. The quantitative estimate of drug-likeness (QED) is 0.713. The van der Waals surface area contributed by atoms with E-state index < -0.39 is 10.2 Å². The maximum Gasteiger partial charge on any atom is 0.282 e. The van der Waals surface area contributed by atoms with Gasteiger partial charge in [0, 0.05) is 32.8 Å². The molecule has 0 aromatic rings. The van der Waals surface area contributed by atoms with Crippen molar-refractivity contribution in [2.24, 2.45) is 17.6 Å². The summed E-state index contributed by atoms with van der Waals surface area (Å²) in [7, 11) is -1.80. The van der Waals surface area contributed by atoms with E-state index >= 15 is 0 Å². The van der Waals surface area contributed by atoms with Crippen molar-refractivity contribution in [1.82, 2.24) is 8.61 Å². The molecule has 21 heavy (non-hydrogen) atoms. The molecular formula is C14H29N3O3S. The van der Waals surface area contributed by atoms with Crippen LogP contribution in [0.1, 0.15) is 32.6 Å². The van der Waals surface area contributed by atoms with Crippen LogP contribution >= 0.6 is 0 Å². The number of hydrogen-bond donors (Lipinski definition) is 1. The van der Waals surface area contributed by atoms with Gasteiger partial charge in [-0.1, -0.05) is 0 Å². The zero-order chi connectivity index (χ0) is 15.5. The van der Waals surface area contributed by atoms with Crippen LogP contribution in [0.15, 0.2) is 0 Å². The molecule has 0 amide bonds. The van der Waals surface area contributed by atoms with Crippen LogP contribution in [0.4, 0.5) is 0 Å². The van der Waals surface area contributed by atoms with Crippen LogP contribution in [-0.4, -0.2) is 63.0 Å². The fraction of sp³-hybridized carbons (Fsp3) is 1.00. The summed E-state index contributed by atoms with van der Waals surface area (Å²) in [6.45, 7) is 4.61. The fourth-order valence-electron chi connectivity index (χ4n) is 3.10. The number of hydrogen-bond acceptors (Lipinski definition) is 4. The van der Waals surface area contributed by atoms with Gasteiger partial charge >= 0.3 is 0 Å². The standard InChI is InChI=1S/C14H29N3O3S/c1-12(14-5-6-14)17(8-9-20-2)21(18,19)16-7-3-4-13(10-15)11-16/h12-14H,3-11,15H2,1-2H3. The van der Waals surface area contributed by atoms with E-state index in [2.05, 4.69) is 0 Å². The largest absolute Gasteiger partial charge is 0.383 e. The molecule has 1 heterocycles. The molecule has 2 atom stereocenters. The van der Waals surface area contributed by atoms with Crippen molar-refractivity contribution >= 4 is 10.2 Å². The molecule has 7 heteroatoms. The summed E-state index contributed by atoms with van der Waals surface area (Å²) >= 11 is 0. The first-order valence-electron chi connectivity index (χ1n) is 7.96. The molecule has 124 valence electrons. The third kappa shape index (κ3) is 4.16. The molecule has 2 rings (SSSR count). The van der Waals surface area contributed by atoms with Gasteiger partial charge in [0.2, 0.25) is 0 Å². The number of methoxy groups -OCH3 is 1. The second-order valence-electron chi connectivity index (χ2n) is 6.29. The maximum absolute atomic E-state index is 13.0. The highest BCUT2D eigenvalue weighted by Crippen LogP contribution is 2.36. The van der Waals surface area contributed by atoms with Crippen LogP contribution in [0.25, 0.3) is 0 Å². The zero-order valence-electron chi connectivity index (χ0n) is 13.2. The lowest BCUT2D eigenvalue weighted by molar-refractivity contribution is 0.156. The first kappa shape index (κ1) is 17.1. The van der Waals surface area contributed by atoms with E-state index in [1.807, 2.05) is 6.92 Å². The van der Waals surface area contributed by atoms with Crippen molar-refractivity contribution in [3.05, 3.63) is 0 Å². The molecule has 0 bridgehead atoms. The molecule has 0 aromatic heterocycles. The molecular weight excluding hydrogens is 290 g/mol. The second-order valence-corrected chi connectivity index (χ2v) is 8.17. The van der Waals surface area contributed by atoms with Gasteiger partial charge in [-0.25, -0.2) is 0 Å². The van der Waals surface area contributed by atoms with Crippen LogP contribution in [0.3, 0.4) is 0 Å². The Morgan fingerprint density at radius 1 is 1.38 bits per heavy atom. The van der Waals surface area contributed by atoms with Gasteiger partial charge in [0.1, 0.15) is 0 Å². The first-order chi connectivity index (χ1) is 10.0. The van der Waals surface area contributed by atoms with E-state index in [-0.39, 0.29) is 12.0 Å². The van der Waals surface area contributed by atoms with Crippen molar-refractivity contribution in [3.8, 4) is 0 Å². The minimum Gasteiger partial charge on any atom is -0.383 e. The summed E-state index contributed by atoms with van der Waals surface area (Å²) in [5.74, 6) is 0.792. The van der Waals surface area contributed by atoms with Crippen LogP contribution in [-0.2, 0) is 14.9 Å². The van der Waals surface area contributed by atoms with Gasteiger partial charge in [0.25, 0.3) is 10.2 Å². The molecule has 1 aliphatic heterocycles. The van der Waals surface area contributed by atoms with E-state index in [1.165, 1.54) is 0 Å². The van der Waals surface area contributed by atoms with E-state index in [9.17, 15) is 8.42 Å². The molecule has 1 saturated heterocycles. The van der Waals surface area contributed by atoms with E-state index in [1.54, 1.807) is 15.7 Å². The van der Waals surface area contributed by atoms with E-state index in [0.717, 1.165) is 25.7 Å². The van der Waals surface area contributed by atoms with Crippen molar-refractivity contribution in [1.29, 1.82) is 0 Å². The molecule has 0 aromatic carbocycles. The Bertz CT molecular complexity index is 425. The highest BCUT2D eigenvalue weighted by molar-refractivity contribution is 7.86. The highest BCUT2D eigenvalue weighted by atomic mass is 32.2. The molecule has 2 fully saturated rings. The van der Waals surface area contributed by atoms with E-state index in [0.29, 0.717) is 38.7 Å². The van der Waals surface area contributed by atoms with Gasteiger partial charge in [-0.3, -0.25) is 0 Å². The Kier molecular flexibility index (Phi) is 6.02. The predicted molar refractivity (Wildman–Crippen MR) is 83.0 cm³/mol. The van der Waals surface area contributed by atoms with Gasteiger partial charge < -0.3 is 10.5 Å². The minimum atomic E-state index is -3.41. The average Bonchev–Trinajstić information content (AvgIpc) is 3.32. The number of nitrogens with zero attached hydrogens (tertiary/aromatic N) is 2. The Hall–Kier alpha value is -0.210. The molecule has 1 aliphatic carbocycles. The van der Waals surface area contributed by atoms with Crippen molar-refractivity contribution in [2.75, 3.05) is 39.9 Å². The minimum absolute atomic E-state index is 0.0587. The SMILES string of the molecule is COCCN(C(C)C1CC1)S(=O)(=O)N1CCCC(CN)C1. The molecule has 1 saturated carbocycles. The number of ether oxygens (including phenoxy) is 1. The zero-order valence-corrected chi connectivity index (χ0v) is 14.0. The highest BCUT2D eigenvalue weighted by Gasteiger charge is 2.41. The van der Waals surface area contributed by atoms with Crippen molar-refractivity contribution < 1.29 is 13.2 Å². The number of nitrogens with two attached hydrogens (primary N) is 1. The lowest BCUT2D eigenvalue weighted by atomic mass is 10.0. The van der Waals surface area contributed by atoms with Crippen LogP contribution < -0.4 is 5.73 Å². The molecule has 2 aliphatic rings. The smallest absolute Gasteiger partial charge is 0.282 e. The van der Waals surface area contributed by atoms with Crippen LogP contribution in [0, 0.1) is 11.8 Å². The van der Waals surface area contributed by atoms with Crippen LogP contribution in [0.2, 0.25) is 0 Å². The average molecular weight is 319 g/mol.